The Morgan fingerprint density at radius 3 is 2.36 bits per heavy atom. The van der Waals surface area contributed by atoms with Gasteiger partial charge in [-0.3, -0.25) is 9.59 Å². The van der Waals surface area contributed by atoms with Gasteiger partial charge in [0.1, 0.15) is 12.2 Å². The van der Waals surface area contributed by atoms with E-state index in [1.54, 1.807) is 24.3 Å². The van der Waals surface area contributed by atoms with Gasteiger partial charge < -0.3 is 15.4 Å². The minimum absolute atomic E-state index is 0.0371. The summed E-state index contributed by atoms with van der Waals surface area (Å²) in [5, 5.41) is 4.78. The number of alkyl halides is 3. The van der Waals surface area contributed by atoms with Crippen molar-refractivity contribution in [3.8, 4) is 5.75 Å². The average Bonchev–Trinajstić information content (AvgIpc) is 2.54. The molecule has 0 aliphatic carbocycles. The van der Waals surface area contributed by atoms with Gasteiger partial charge in [0, 0.05) is 5.69 Å². The van der Waals surface area contributed by atoms with E-state index in [0.29, 0.717) is 11.4 Å². The number of para-hydroxylation sites is 2. The molecule has 8 heteroatoms. The second-order valence-electron chi connectivity index (χ2n) is 5.05. The summed E-state index contributed by atoms with van der Waals surface area (Å²) in [5.74, 6) is -0.921. The molecular formula is C17H15F3N2O3. The zero-order chi connectivity index (χ0) is 18.4. The van der Waals surface area contributed by atoms with Gasteiger partial charge in [-0.15, -0.1) is 0 Å². The highest BCUT2D eigenvalue weighted by Crippen LogP contribution is 2.30. The summed E-state index contributed by atoms with van der Waals surface area (Å²) in [6, 6.07) is 10.8. The first kappa shape index (κ1) is 18.3. The minimum atomic E-state index is -4.51. The zero-order valence-electron chi connectivity index (χ0n) is 13.2. The molecule has 0 unspecified atom stereocenters. The molecule has 0 saturated carbocycles. The van der Waals surface area contributed by atoms with E-state index in [2.05, 4.69) is 10.6 Å². The molecule has 2 N–H and O–H groups in total. The van der Waals surface area contributed by atoms with Gasteiger partial charge in [0.05, 0.1) is 18.4 Å². The van der Waals surface area contributed by atoms with Gasteiger partial charge in [0.2, 0.25) is 11.8 Å². The van der Waals surface area contributed by atoms with Crippen LogP contribution in [0.25, 0.3) is 0 Å². The molecule has 25 heavy (non-hydrogen) atoms. The maximum absolute atomic E-state index is 12.6. The molecule has 0 atom stereocenters. The van der Waals surface area contributed by atoms with E-state index in [-0.39, 0.29) is 5.69 Å². The van der Waals surface area contributed by atoms with E-state index in [9.17, 15) is 22.8 Å². The molecule has 5 nitrogen and oxygen atoms in total. The molecule has 2 aromatic rings. The number of carbonyl (C=O) groups is 2. The Hall–Kier alpha value is -3.03. The van der Waals surface area contributed by atoms with Crippen LogP contribution in [-0.2, 0) is 15.8 Å². The number of benzene rings is 2. The van der Waals surface area contributed by atoms with Crippen molar-refractivity contribution in [3.05, 3.63) is 54.1 Å². The second kappa shape index (κ2) is 7.69. The molecule has 2 amide bonds. The number of rotatable bonds is 5. The fraction of sp³-hybridized carbons (Fsp3) is 0.176. The molecule has 0 radical (unpaired) electrons. The van der Waals surface area contributed by atoms with E-state index >= 15 is 0 Å². The third kappa shape index (κ3) is 5.23. The van der Waals surface area contributed by atoms with Crippen molar-refractivity contribution in [3.63, 3.8) is 0 Å². The molecule has 0 fully saturated rings. The van der Waals surface area contributed by atoms with E-state index in [0.717, 1.165) is 12.1 Å². The molecule has 0 bridgehead atoms. The van der Waals surface area contributed by atoms with Crippen LogP contribution in [0.5, 0.6) is 5.75 Å². The average molecular weight is 352 g/mol. The summed E-state index contributed by atoms with van der Waals surface area (Å²) in [6.45, 7) is 0. The zero-order valence-corrected chi connectivity index (χ0v) is 13.2. The van der Waals surface area contributed by atoms with Gasteiger partial charge in [-0.2, -0.15) is 13.2 Å². The molecule has 132 valence electrons. The second-order valence-corrected chi connectivity index (χ2v) is 5.05. The first-order chi connectivity index (χ1) is 11.8. The van der Waals surface area contributed by atoms with Crippen molar-refractivity contribution < 1.29 is 27.5 Å². The fourth-order valence-electron chi connectivity index (χ4n) is 2.07. The van der Waals surface area contributed by atoms with Gasteiger partial charge in [0.15, 0.2) is 0 Å². The van der Waals surface area contributed by atoms with Crippen LogP contribution < -0.4 is 15.4 Å². The Labute approximate surface area is 141 Å². The predicted molar refractivity (Wildman–Crippen MR) is 86.3 cm³/mol. The Balaban J connectivity index is 1.97. The van der Waals surface area contributed by atoms with Crippen LogP contribution in [0.4, 0.5) is 24.5 Å². The summed E-state index contributed by atoms with van der Waals surface area (Å²) >= 11 is 0. The van der Waals surface area contributed by atoms with E-state index in [1.165, 1.54) is 19.2 Å². The Morgan fingerprint density at radius 1 is 1.00 bits per heavy atom. The van der Waals surface area contributed by atoms with Gasteiger partial charge in [-0.1, -0.05) is 18.2 Å². The van der Waals surface area contributed by atoms with E-state index < -0.39 is 30.0 Å². The van der Waals surface area contributed by atoms with Crippen LogP contribution >= 0.6 is 0 Å². The van der Waals surface area contributed by atoms with Gasteiger partial charge in [-0.05, 0) is 30.3 Å². The number of halogens is 3. The predicted octanol–water partition coefficient (Wildman–Crippen LogP) is 3.68. The third-order valence-electron chi connectivity index (χ3n) is 3.18. The first-order valence-electron chi connectivity index (χ1n) is 7.19. The Kier molecular flexibility index (Phi) is 5.63. The maximum Gasteiger partial charge on any atom is 0.416 e. The minimum Gasteiger partial charge on any atom is -0.495 e. The molecule has 2 rings (SSSR count). The lowest BCUT2D eigenvalue weighted by atomic mass is 10.2. The summed E-state index contributed by atoms with van der Waals surface area (Å²) in [5.41, 5.74) is -0.532. The molecule has 0 aliphatic heterocycles. The van der Waals surface area contributed by atoms with Crippen molar-refractivity contribution in [1.82, 2.24) is 0 Å². The number of amides is 2. The van der Waals surface area contributed by atoms with Gasteiger partial charge >= 0.3 is 6.18 Å². The molecular weight excluding hydrogens is 337 g/mol. The van der Waals surface area contributed by atoms with Crippen LogP contribution in [0.15, 0.2) is 48.5 Å². The highest BCUT2D eigenvalue weighted by molar-refractivity contribution is 6.08. The number of methoxy groups -OCH3 is 1. The first-order valence-corrected chi connectivity index (χ1v) is 7.19. The molecule has 0 saturated heterocycles. The number of carbonyl (C=O) groups excluding carboxylic acids is 2. The SMILES string of the molecule is COc1ccccc1NC(=O)CC(=O)Nc1cccc(C(F)(F)F)c1. The quantitative estimate of drug-likeness (QED) is 0.807. The number of ether oxygens (including phenoxy) is 1. The molecule has 0 aliphatic rings. The van der Waals surface area contributed by atoms with Crippen LogP contribution in [0.2, 0.25) is 0 Å². The van der Waals surface area contributed by atoms with Crippen molar-refractivity contribution in [2.45, 2.75) is 12.6 Å². The standard InChI is InChI=1S/C17H15F3N2O3/c1-25-14-8-3-2-7-13(14)22-16(24)10-15(23)21-12-6-4-5-11(9-12)17(18,19)20/h2-9H,10H2,1H3,(H,21,23)(H,22,24). The van der Waals surface area contributed by atoms with Crippen molar-refractivity contribution in [2.24, 2.45) is 0 Å². The lowest BCUT2D eigenvalue weighted by Crippen LogP contribution is -2.21. The van der Waals surface area contributed by atoms with Crippen LogP contribution in [0.3, 0.4) is 0 Å². The number of nitrogens with one attached hydrogen (secondary N) is 2. The number of hydrogen-bond donors (Lipinski definition) is 2. The van der Waals surface area contributed by atoms with Crippen LogP contribution in [0.1, 0.15) is 12.0 Å². The number of hydrogen-bond acceptors (Lipinski definition) is 3. The molecule has 0 aromatic heterocycles. The summed E-state index contributed by atoms with van der Waals surface area (Å²) < 4.78 is 43.0. The highest BCUT2D eigenvalue weighted by Gasteiger charge is 2.30. The van der Waals surface area contributed by atoms with E-state index in [1.807, 2.05) is 0 Å². The summed E-state index contributed by atoms with van der Waals surface area (Å²) in [7, 11) is 1.44. The monoisotopic (exact) mass is 352 g/mol. The van der Waals surface area contributed by atoms with Crippen molar-refractivity contribution in [2.75, 3.05) is 17.7 Å². The Bertz CT molecular complexity index is 776. The number of anilines is 2. The van der Waals surface area contributed by atoms with Crippen molar-refractivity contribution in [1.29, 1.82) is 0 Å². The topological polar surface area (TPSA) is 67.4 Å². The molecule has 2 aromatic carbocycles. The molecule has 0 heterocycles. The lowest BCUT2D eigenvalue weighted by molar-refractivity contribution is -0.137. The summed E-state index contributed by atoms with van der Waals surface area (Å²) in [4.78, 5) is 23.7. The fourth-order valence-corrected chi connectivity index (χ4v) is 2.07. The Morgan fingerprint density at radius 2 is 1.68 bits per heavy atom. The van der Waals surface area contributed by atoms with Crippen LogP contribution in [-0.4, -0.2) is 18.9 Å². The normalized spacial score (nSPS) is 10.9. The van der Waals surface area contributed by atoms with Crippen LogP contribution in [0, 0.1) is 0 Å². The molecule has 0 spiro atoms. The maximum atomic E-state index is 12.6. The van der Waals surface area contributed by atoms with Crippen molar-refractivity contribution >= 4 is 23.2 Å². The van der Waals surface area contributed by atoms with Gasteiger partial charge in [0.25, 0.3) is 0 Å². The lowest BCUT2D eigenvalue weighted by Gasteiger charge is -2.11. The summed E-state index contributed by atoms with van der Waals surface area (Å²) in [6.07, 6.45) is -5.06. The van der Waals surface area contributed by atoms with Gasteiger partial charge in [-0.25, -0.2) is 0 Å². The highest BCUT2D eigenvalue weighted by atomic mass is 19.4. The largest absolute Gasteiger partial charge is 0.495 e. The van der Waals surface area contributed by atoms with E-state index in [4.69, 9.17) is 4.74 Å². The third-order valence-corrected chi connectivity index (χ3v) is 3.18. The smallest absolute Gasteiger partial charge is 0.416 e.